The summed E-state index contributed by atoms with van der Waals surface area (Å²) in [5.41, 5.74) is 0. The minimum absolute atomic E-state index is 0.189. The third-order valence-electron chi connectivity index (χ3n) is 6.48. The summed E-state index contributed by atoms with van der Waals surface area (Å²) in [4.78, 5) is 42.4. The molecule has 0 aliphatic heterocycles. The molecule has 0 heterocycles. The van der Waals surface area contributed by atoms with E-state index in [2.05, 4.69) is 36.6 Å². The summed E-state index contributed by atoms with van der Waals surface area (Å²) in [5.74, 6) is -0.914. The third kappa shape index (κ3) is 31.0. The van der Waals surface area contributed by atoms with E-state index in [9.17, 15) is 14.2 Å². The number of hydrogen-bond donors (Lipinski definition) is 2. The van der Waals surface area contributed by atoms with Crippen LogP contribution in [-0.2, 0) is 28.2 Å². The van der Waals surface area contributed by atoms with Crippen LogP contribution in [0, 0.1) is 0 Å². The average molecular weight is 601 g/mol. The normalized spacial score (nSPS) is 13.0. The van der Waals surface area contributed by atoms with Gasteiger partial charge in [0, 0.05) is 12.8 Å². The summed E-state index contributed by atoms with van der Waals surface area (Å²) in [6, 6.07) is 0. The lowest BCUT2D eigenvalue weighted by Gasteiger charge is -2.18. The van der Waals surface area contributed by atoms with Crippen LogP contribution in [0.2, 0.25) is 0 Å². The van der Waals surface area contributed by atoms with E-state index < -0.39 is 32.5 Å². The molecule has 1 unspecified atom stereocenters. The maximum absolute atomic E-state index is 12.3. The number of phosphoric acid groups is 1. The Morgan fingerprint density at radius 3 is 1.73 bits per heavy atom. The van der Waals surface area contributed by atoms with E-state index in [1.807, 2.05) is 18.2 Å². The molecule has 0 amide bonds. The van der Waals surface area contributed by atoms with Gasteiger partial charge in [-0.15, -0.1) is 0 Å². The van der Waals surface area contributed by atoms with Crippen molar-refractivity contribution >= 4 is 19.8 Å². The summed E-state index contributed by atoms with van der Waals surface area (Å²) in [6.45, 7) is 3.48. The molecule has 0 aliphatic rings. The first-order chi connectivity index (χ1) is 19.8. The Hall–Kier alpha value is -1.73. The van der Waals surface area contributed by atoms with Crippen molar-refractivity contribution in [3.63, 3.8) is 0 Å². The monoisotopic (exact) mass is 600 g/mol. The van der Waals surface area contributed by atoms with Crippen molar-refractivity contribution in [3.8, 4) is 0 Å². The fourth-order valence-corrected chi connectivity index (χ4v) is 4.50. The van der Waals surface area contributed by atoms with E-state index in [4.69, 9.17) is 19.3 Å². The van der Waals surface area contributed by atoms with E-state index in [1.54, 1.807) is 0 Å². The molecule has 0 saturated carbocycles. The molecule has 41 heavy (non-hydrogen) atoms. The second-order valence-corrected chi connectivity index (χ2v) is 11.7. The fraction of sp³-hybridized carbons (Fsp3) is 0.750. The molecule has 0 fully saturated rings. The van der Waals surface area contributed by atoms with Gasteiger partial charge >= 0.3 is 19.8 Å². The van der Waals surface area contributed by atoms with Crippen LogP contribution in [0.15, 0.2) is 36.5 Å². The van der Waals surface area contributed by atoms with Crippen molar-refractivity contribution in [1.82, 2.24) is 0 Å². The Morgan fingerprint density at radius 1 is 0.659 bits per heavy atom. The number of rotatable bonds is 28. The number of phosphoric ester groups is 1. The van der Waals surface area contributed by atoms with Gasteiger partial charge in [-0.2, -0.15) is 0 Å². The zero-order valence-electron chi connectivity index (χ0n) is 25.7. The number of carbonyl (C=O) groups is 2. The van der Waals surface area contributed by atoms with Gasteiger partial charge in [0.05, 0.1) is 6.61 Å². The van der Waals surface area contributed by atoms with Crippen LogP contribution < -0.4 is 0 Å². The highest BCUT2D eigenvalue weighted by Gasteiger charge is 2.22. The lowest BCUT2D eigenvalue weighted by atomic mass is 10.1. The number of esters is 2. The Labute approximate surface area is 249 Å². The molecule has 0 rings (SSSR count). The van der Waals surface area contributed by atoms with Crippen LogP contribution in [0.25, 0.3) is 0 Å². The zero-order valence-corrected chi connectivity index (χ0v) is 26.6. The number of ether oxygens (including phenoxy) is 2. The Morgan fingerprint density at radius 2 is 1.17 bits per heavy atom. The average Bonchev–Trinajstić information content (AvgIpc) is 2.93. The van der Waals surface area contributed by atoms with Crippen molar-refractivity contribution in [2.75, 3.05) is 13.2 Å². The largest absolute Gasteiger partial charge is 0.469 e. The maximum Gasteiger partial charge on any atom is 0.469 e. The summed E-state index contributed by atoms with van der Waals surface area (Å²) in [6.07, 6.45) is 30.2. The Balaban J connectivity index is 4.09. The summed E-state index contributed by atoms with van der Waals surface area (Å²) in [5, 5.41) is 0. The first kappa shape index (κ1) is 39.3. The van der Waals surface area contributed by atoms with Gasteiger partial charge in [-0.3, -0.25) is 14.1 Å². The summed E-state index contributed by atoms with van der Waals surface area (Å²) < 4.78 is 26.1. The van der Waals surface area contributed by atoms with Crippen LogP contribution >= 0.6 is 7.82 Å². The SMILES string of the molecule is CC/C=C/C=C/C=C/CCCCCCCC(=O)OC(COC(=O)CCCCCCCCCCCC)COP(=O)(O)O. The summed E-state index contributed by atoms with van der Waals surface area (Å²) in [7, 11) is -4.74. The second kappa shape index (κ2) is 28.4. The van der Waals surface area contributed by atoms with Crippen LogP contribution in [0.1, 0.15) is 136 Å². The van der Waals surface area contributed by atoms with Gasteiger partial charge in [-0.05, 0) is 32.1 Å². The first-order valence-corrected chi connectivity index (χ1v) is 17.3. The van der Waals surface area contributed by atoms with Crippen molar-refractivity contribution in [2.45, 2.75) is 142 Å². The molecule has 0 bridgehead atoms. The number of hydrogen-bond acceptors (Lipinski definition) is 6. The molecule has 0 aliphatic carbocycles. The lowest BCUT2D eigenvalue weighted by molar-refractivity contribution is -0.161. The van der Waals surface area contributed by atoms with Gasteiger partial charge in [0.15, 0.2) is 6.10 Å². The Bertz CT molecular complexity index is 772. The van der Waals surface area contributed by atoms with Gasteiger partial charge in [0.1, 0.15) is 6.61 Å². The van der Waals surface area contributed by atoms with Crippen LogP contribution in [0.5, 0.6) is 0 Å². The van der Waals surface area contributed by atoms with Gasteiger partial charge in [0.25, 0.3) is 0 Å². The van der Waals surface area contributed by atoms with Gasteiger partial charge in [-0.1, -0.05) is 127 Å². The third-order valence-corrected chi connectivity index (χ3v) is 6.97. The minimum atomic E-state index is -4.74. The van der Waals surface area contributed by atoms with E-state index in [0.717, 1.165) is 57.8 Å². The molecule has 0 saturated heterocycles. The standard InChI is InChI=1S/C32H57O8P/c1-3-5-7-9-11-13-15-16-17-19-21-23-25-27-32(34)40-30(29-39-41(35,36)37)28-38-31(33)26-24-22-20-18-14-12-10-8-6-4-2/h5,7,9,11,13,15,30H,3-4,6,8,10,12,14,16-29H2,1-2H3,(H2,35,36,37)/b7-5+,11-9+,15-13+. The zero-order chi connectivity index (χ0) is 30.4. The molecular weight excluding hydrogens is 543 g/mol. The number of allylic oxidation sites excluding steroid dienone is 6. The molecule has 0 spiro atoms. The highest BCUT2D eigenvalue weighted by atomic mass is 31.2. The quantitative estimate of drug-likeness (QED) is 0.0396. The van der Waals surface area contributed by atoms with Crippen molar-refractivity contribution < 1.29 is 37.9 Å². The predicted octanol–water partition coefficient (Wildman–Crippen LogP) is 8.67. The topological polar surface area (TPSA) is 119 Å². The molecule has 9 heteroatoms. The van der Waals surface area contributed by atoms with E-state index >= 15 is 0 Å². The van der Waals surface area contributed by atoms with Crippen molar-refractivity contribution in [1.29, 1.82) is 0 Å². The first-order valence-electron chi connectivity index (χ1n) is 15.8. The predicted molar refractivity (Wildman–Crippen MR) is 165 cm³/mol. The van der Waals surface area contributed by atoms with Crippen LogP contribution in [0.4, 0.5) is 0 Å². The molecule has 0 aromatic rings. The van der Waals surface area contributed by atoms with Crippen molar-refractivity contribution in [2.24, 2.45) is 0 Å². The molecule has 0 radical (unpaired) electrons. The molecule has 8 nitrogen and oxygen atoms in total. The summed E-state index contributed by atoms with van der Waals surface area (Å²) >= 11 is 0. The second-order valence-electron chi connectivity index (χ2n) is 10.5. The van der Waals surface area contributed by atoms with E-state index in [1.165, 1.54) is 44.9 Å². The van der Waals surface area contributed by atoms with Gasteiger partial charge < -0.3 is 19.3 Å². The van der Waals surface area contributed by atoms with Crippen LogP contribution in [0.3, 0.4) is 0 Å². The lowest BCUT2D eigenvalue weighted by Crippen LogP contribution is -2.29. The van der Waals surface area contributed by atoms with E-state index in [-0.39, 0.29) is 19.4 Å². The fourth-order valence-electron chi connectivity index (χ4n) is 4.14. The highest BCUT2D eigenvalue weighted by molar-refractivity contribution is 7.46. The number of unbranched alkanes of at least 4 members (excludes halogenated alkanes) is 14. The molecule has 0 aromatic carbocycles. The molecule has 1 atom stereocenters. The van der Waals surface area contributed by atoms with Gasteiger partial charge in [0.2, 0.25) is 0 Å². The molecular formula is C32H57O8P. The molecule has 238 valence electrons. The van der Waals surface area contributed by atoms with Crippen molar-refractivity contribution in [3.05, 3.63) is 36.5 Å². The Kier molecular flexibility index (Phi) is 27.2. The molecule has 0 aromatic heterocycles. The van der Waals surface area contributed by atoms with Crippen LogP contribution in [-0.4, -0.2) is 41.0 Å². The molecule has 2 N–H and O–H groups in total. The number of carbonyl (C=O) groups excluding carboxylic acids is 2. The smallest absolute Gasteiger partial charge is 0.462 e. The minimum Gasteiger partial charge on any atom is -0.462 e. The van der Waals surface area contributed by atoms with Gasteiger partial charge in [-0.25, -0.2) is 4.57 Å². The van der Waals surface area contributed by atoms with E-state index in [0.29, 0.717) is 6.42 Å². The maximum atomic E-state index is 12.3. The highest BCUT2D eigenvalue weighted by Crippen LogP contribution is 2.35.